The number of likely N-dealkylation sites (tertiary alicyclic amines) is 1. The lowest BCUT2D eigenvalue weighted by Gasteiger charge is -2.32. The molecule has 0 saturated carbocycles. The maximum Gasteiger partial charge on any atom is 0.258 e. The average Bonchev–Trinajstić information content (AvgIpc) is 3.27. The van der Waals surface area contributed by atoms with Crippen molar-refractivity contribution in [3.05, 3.63) is 89.0 Å². The predicted octanol–water partition coefficient (Wildman–Crippen LogP) is 4.86. The first-order chi connectivity index (χ1) is 16.1. The number of para-hydroxylation sites is 1. The molecule has 5 heteroatoms. The highest BCUT2D eigenvalue weighted by Gasteiger charge is 2.26. The first-order valence-electron chi connectivity index (χ1n) is 11.8. The van der Waals surface area contributed by atoms with Crippen molar-refractivity contribution in [2.45, 2.75) is 31.7 Å². The molecule has 0 aliphatic carbocycles. The van der Waals surface area contributed by atoms with E-state index >= 15 is 0 Å². The summed E-state index contributed by atoms with van der Waals surface area (Å²) in [6, 6.07) is 22.3. The molecule has 2 heterocycles. The summed E-state index contributed by atoms with van der Waals surface area (Å²) < 4.78 is 5.57. The van der Waals surface area contributed by atoms with Gasteiger partial charge in [0.25, 0.3) is 5.91 Å². The fraction of sp³-hybridized carbons (Fsp3) is 0.321. The largest absolute Gasteiger partial charge is 0.496 e. The molecule has 33 heavy (non-hydrogen) atoms. The monoisotopic (exact) mass is 441 g/mol. The summed E-state index contributed by atoms with van der Waals surface area (Å²) in [5, 5.41) is 0. The number of fused-ring (bicyclic) bond motifs is 1. The zero-order valence-electron chi connectivity index (χ0n) is 19.2. The number of rotatable bonds is 5. The number of methoxy groups -OCH3 is 1. The van der Waals surface area contributed by atoms with Crippen LogP contribution in [0.15, 0.2) is 66.7 Å². The zero-order chi connectivity index (χ0) is 22.8. The second-order valence-electron chi connectivity index (χ2n) is 9.09. The first-order valence-corrected chi connectivity index (χ1v) is 11.8. The summed E-state index contributed by atoms with van der Waals surface area (Å²) in [7, 11) is 1.75. The molecule has 170 valence electrons. The van der Waals surface area contributed by atoms with Gasteiger partial charge in [-0.05, 0) is 85.3 Å². The number of nitrogens with zero attached hydrogens (tertiary/aromatic N) is 2. The van der Waals surface area contributed by atoms with Gasteiger partial charge in [0.15, 0.2) is 0 Å². The van der Waals surface area contributed by atoms with Gasteiger partial charge in [-0.25, -0.2) is 0 Å². The molecule has 1 amide bonds. The fourth-order valence-corrected chi connectivity index (χ4v) is 5.23. The van der Waals surface area contributed by atoms with Crippen LogP contribution in [0.25, 0.3) is 0 Å². The summed E-state index contributed by atoms with van der Waals surface area (Å²) in [6.45, 7) is 3.65. The molecule has 0 spiro atoms. The van der Waals surface area contributed by atoms with Crippen molar-refractivity contribution in [3.63, 3.8) is 0 Å². The minimum absolute atomic E-state index is 0.0519. The molecule has 5 rings (SSSR count). The molecule has 0 unspecified atom stereocenters. The molecule has 3 aromatic carbocycles. The van der Waals surface area contributed by atoms with Crippen LogP contribution in [0.2, 0.25) is 0 Å². The highest BCUT2D eigenvalue weighted by molar-refractivity contribution is 6.07. The van der Waals surface area contributed by atoms with Gasteiger partial charge in [0.1, 0.15) is 5.75 Å². The third-order valence-corrected chi connectivity index (χ3v) is 7.00. The lowest BCUT2D eigenvalue weighted by molar-refractivity contribution is 0.0989. The van der Waals surface area contributed by atoms with E-state index in [1.165, 1.54) is 16.7 Å². The van der Waals surface area contributed by atoms with E-state index in [1.807, 2.05) is 41.3 Å². The van der Waals surface area contributed by atoms with Crippen LogP contribution in [-0.2, 0) is 13.0 Å². The van der Waals surface area contributed by atoms with Crippen molar-refractivity contribution < 1.29 is 9.53 Å². The normalized spacial score (nSPS) is 16.6. The Balaban J connectivity index is 1.24. The average molecular weight is 442 g/mol. The number of hydrogen-bond acceptors (Lipinski definition) is 4. The van der Waals surface area contributed by atoms with E-state index in [1.54, 1.807) is 7.11 Å². The molecule has 2 aliphatic heterocycles. The number of ether oxygens (including phenoxy) is 1. The van der Waals surface area contributed by atoms with Crippen molar-refractivity contribution in [1.29, 1.82) is 0 Å². The summed E-state index contributed by atoms with van der Waals surface area (Å²) in [6.07, 6.45) is 3.11. The second-order valence-corrected chi connectivity index (χ2v) is 9.09. The molecule has 2 N–H and O–H groups in total. The zero-order valence-corrected chi connectivity index (χ0v) is 19.2. The first kappa shape index (κ1) is 21.5. The van der Waals surface area contributed by atoms with Crippen LogP contribution in [0.1, 0.15) is 45.8 Å². The van der Waals surface area contributed by atoms with Gasteiger partial charge in [0.05, 0.1) is 7.11 Å². The minimum atomic E-state index is 0.0519. The van der Waals surface area contributed by atoms with Gasteiger partial charge in [-0.3, -0.25) is 9.69 Å². The van der Waals surface area contributed by atoms with E-state index in [0.717, 1.165) is 55.9 Å². The third-order valence-electron chi connectivity index (χ3n) is 7.00. The van der Waals surface area contributed by atoms with Gasteiger partial charge >= 0.3 is 0 Å². The van der Waals surface area contributed by atoms with Crippen LogP contribution in [0.3, 0.4) is 0 Å². The van der Waals surface area contributed by atoms with Crippen molar-refractivity contribution >= 4 is 17.3 Å². The van der Waals surface area contributed by atoms with Crippen molar-refractivity contribution in [2.75, 3.05) is 37.4 Å². The molecule has 1 fully saturated rings. The lowest BCUT2D eigenvalue weighted by Crippen LogP contribution is -2.33. The van der Waals surface area contributed by atoms with Gasteiger partial charge < -0.3 is 15.4 Å². The molecule has 5 nitrogen and oxygen atoms in total. The number of piperidine rings is 1. The van der Waals surface area contributed by atoms with Gasteiger partial charge in [-0.15, -0.1) is 0 Å². The van der Waals surface area contributed by atoms with E-state index in [2.05, 4.69) is 35.2 Å². The van der Waals surface area contributed by atoms with Crippen LogP contribution in [0.4, 0.5) is 11.4 Å². The standard InChI is InChI=1S/C28H31N3O2/c1-33-27-8-3-2-7-25(27)21-11-14-30(15-12-21)19-20-5-4-6-23(17-20)28(32)31-16-13-22-9-10-24(29)18-26(22)31/h2-10,17-18,21H,11-16,19,29H2,1H3. The molecule has 2 aliphatic rings. The predicted molar refractivity (Wildman–Crippen MR) is 133 cm³/mol. The Labute approximate surface area is 195 Å². The van der Waals surface area contributed by atoms with Gasteiger partial charge in [-0.1, -0.05) is 36.4 Å². The molecule has 0 radical (unpaired) electrons. The molecular formula is C28H31N3O2. The van der Waals surface area contributed by atoms with Crippen LogP contribution in [-0.4, -0.2) is 37.6 Å². The van der Waals surface area contributed by atoms with Crippen molar-refractivity contribution in [2.24, 2.45) is 0 Å². The van der Waals surface area contributed by atoms with E-state index in [4.69, 9.17) is 10.5 Å². The van der Waals surface area contributed by atoms with Crippen LogP contribution in [0, 0.1) is 0 Å². The summed E-state index contributed by atoms with van der Waals surface area (Å²) in [5.41, 5.74) is 12.0. The number of nitrogens with two attached hydrogens (primary N) is 1. The number of carbonyl (C=O) groups excluding carboxylic acids is 1. The number of nitrogen functional groups attached to an aromatic ring is 1. The number of anilines is 2. The van der Waals surface area contributed by atoms with E-state index in [9.17, 15) is 4.79 Å². The maximum atomic E-state index is 13.3. The van der Waals surface area contributed by atoms with Crippen LogP contribution < -0.4 is 15.4 Å². The van der Waals surface area contributed by atoms with Gasteiger partial charge in [-0.2, -0.15) is 0 Å². The Morgan fingerprint density at radius 2 is 1.82 bits per heavy atom. The minimum Gasteiger partial charge on any atom is -0.496 e. The van der Waals surface area contributed by atoms with Gasteiger partial charge in [0, 0.05) is 30.0 Å². The van der Waals surface area contributed by atoms with Crippen molar-refractivity contribution in [3.8, 4) is 5.75 Å². The molecule has 1 saturated heterocycles. The number of amides is 1. The maximum absolute atomic E-state index is 13.3. The number of hydrogen-bond donors (Lipinski definition) is 1. The Morgan fingerprint density at radius 3 is 2.64 bits per heavy atom. The van der Waals surface area contributed by atoms with E-state index < -0.39 is 0 Å². The second kappa shape index (κ2) is 9.28. The fourth-order valence-electron chi connectivity index (χ4n) is 5.23. The van der Waals surface area contributed by atoms with Crippen LogP contribution in [0.5, 0.6) is 5.75 Å². The Bertz CT molecular complexity index is 1150. The van der Waals surface area contributed by atoms with E-state index in [-0.39, 0.29) is 5.91 Å². The summed E-state index contributed by atoms with van der Waals surface area (Å²) in [5.74, 6) is 1.58. The Morgan fingerprint density at radius 1 is 1.00 bits per heavy atom. The highest BCUT2D eigenvalue weighted by Crippen LogP contribution is 2.35. The SMILES string of the molecule is COc1ccccc1C1CCN(Cc2cccc(C(=O)N3CCc4ccc(N)cc43)c2)CC1. The third kappa shape index (κ3) is 4.46. The Kier molecular flexibility index (Phi) is 6.05. The smallest absolute Gasteiger partial charge is 0.258 e. The summed E-state index contributed by atoms with van der Waals surface area (Å²) >= 11 is 0. The lowest BCUT2D eigenvalue weighted by atomic mass is 9.88. The molecular weight excluding hydrogens is 410 g/mol. The Hall–Kier alpha value is -3.31. The summed E-state index contributed by atoms with van der Waals surface area (Å²) in [4.78, 5) is 17.6. The quantitative estimate of drug-likeness (QED) is 0.575. The molecule has 0 aromatic heterocycles. The van der Waals surface area contributed by atoms with Crippen LogP contribution >= 0.6 is 0 Å². The van der Waals surface area contributed by atoms with E-state index in [0.29, 0.717) is 18.2 Å². The molecule has 3 aromatic rings. The topological polar surface area (TPSA) is 58.8 Å². The van der Waals surface area contributed by atoms with Crippen molar-refractivity contribution in [1.82, 2.24) is 4.90 Å². The highest BCUT2D eigenvalue weighted by atomic mass is 16.5. The van der Waals surface area contributed by atoms with Gasteiger partial charge in [0.2, 0.25) is 0 Å². The number of benzene rings is 3. The molecule has 0 bridgehead atoms. The number of carbonyl (C=O) groups is 1. The molecule has 0 atom stereocenters.